The second-order valence-corrected chi connectivity index (χ2v) is 5.70. The largest absolute Gasteiger partial charge is 0.457 e. The van der Waals surface area contributed by atoms with Crippen molar-refractivity contribution >= 4 is 0 Å². The second kappa shape index (κ2) is 8.44. The van der Waals surface area contributed by atoms with E-state index >= 15 is 0 Å². The normalized spacial score (nSPS) is 16.9. The van der Waals surface area contributed by atoms with Crippen molar-refractivity contribution in [1.82, 2.24) is 0 Å². The van der Waals surface area contributed by atoms with Crippen LogP contribution in [-0.4, -0.2) is 5.79 Å². The van der Waals surface area contributed by atoms with E-state index in [4.69, 9.17) is 9.47 Å². The minimum atomic E-state index is -0.373. The van der Waals surface area contributed by atoms with Gasteiger partial charge in [0.25, 0.3) is 5.79 Å². The first-order valence-electron chi connectivity index (χ1n) is 7.72. The minimum Gasteiger partial charge on any atom is -0.457 e. The molecule has 0 atom stereocenters. The van der Waals surface area contributed by atoms with Gasteiger partial charge in [-0.1, -0.05) is 65.7 Å². The molecule has 0 spiro atoms. The Morgan fingerprint density at radius 3 is 1.83 bits per heavy atom. The van der Waals surface area contributed by atoms with Crippen molar-refractivity contribution in [3.8, 4) is 0 Å². The van der Waals surface area contributed by atoms with E-state index in [9.17, 15) is 0 Å². The number of unbranched alkanes of at least 4 members (excludes halogenated alkanes) is 7. The van der Waals surface area contributed by atoms with Crippen LogP contribution in [0.5, 0.6) is 0 Å². The van der Waals surface area contributed by atoms with Gasteiger partial charge in [-0.05, 0) is 6.42 Å². The first-order chi connectivity index (χ1) is 8.71. The van der Waals surface area contributed by atoms with Crippen molar-refractivity contribution in [1.29, 1.82) is 0 Å². The summed E-state index contributed by atoms with van der Waals surface area (Å²) >= 11 is 0. The summed E-state index contributed by atoms with van der Waals surface area (Å²) in [5.74, 6) is 0.0272. The van der Waals surface area contributed by atoms with Crippen LogP contribution in [0.1, 0.15) is 78.6 Å². The maximum Gasteiger partial charge on any atom is 0.252 e. The predicted molar refractivity (Wildman–Crippen MR) is 76.1 cm³/mol. The van der Waals surface area contributed by atoms with E-state index in [1.54, 1.807) is 12.5 Å². The Bertz CT molecular complexity index is 225. The molecule has 0 aromatic rings. The molecule has 0 N–H and O–H groups in total. The Morgan fingerprint density at radius 1 is 0.833 bits per heavy atom. The Balaban J connectivity index is 2.03. The van der Waals surface area contributed by atoms with E-state index in [1.165, 1.54) is 51.4 Å². The molecule has 2 heteroatoms. The average molecular weight is 254 g/mol. The molecule has 106 valence electrons. The quantitative estimate of drug-likeness (QED) is 0.487. The zero-order valence-electron chi connectivity index (χ0n) is 12.4. The predicted octanol–water partition coefficient (Wildman–Crippen LogP) is 5.39. The fourth-order valence-corrected chi connectivity index (χ4v) is 2.50. The molecule has 0 unspecified atom stereocenters. The van der Waals surface area contributed by atoms with Crippen LogP contribution in [0.15, 0.2) is 12.5 Å². The zero-order valence-corrected chi connectivity index (χ0v) is 12.4. The van der Waals surface area contributed by atoms with Crippen LogP contribution < -0.4 is 0 Å². The number of hydrogen-bond acceptors (Lipinski definition) is 2. The molecule has 2 nitrogen and oxygen atoms in total. The molecule has 1 rings (SSSR count). The van der Waals surface area contributed by atoms with E-state index in [0.717, 1.165) is 6.42 Å². The van der Waals surface area contributed by atoms with Crippen molar-refractivity contribution < 1.29 is 9.47 Å². The molecule has 1 heterocycles. The van der Waals surface area contributed by atoms with Gasteiger partial charge in [0.2, 0.25) is 0 Å². The van der Waals surface area contributed by atoms with Crippen molar-refractivity contribution in [2.24, 2.45) is 5.92 Å². The average Bonchev–Trinajstić information content (AvgIpc) is 2.83. The van der Waals surface area contributed by atoms with E-state index in [2.05, 4.69) is 20.8 Å². The maximum absolute atomic E-state index is 5.66. The topological polar surface area (TPSA) is 18.5 Å². The standard InChI is InChI=1S/C16H30O2/c1-4-5-6-7-8-9-10-11-12-16(15(2)3)17-13-14-18-16/h13-15H,4-12H2,1-3H3. The third-order valence-electron chi connectivity index (χ3n) is 3.85. The van der Waals surface area contributed by atoms with Crippen LogP contribution in [0.2, 0.25) is 0 Å². The molecular formula is C16H30O2. The Kier molecular flexibility index (Phi) is 7.22. The van der Waals surface area contributed by atoms with Gasteiger partial charge in [-0.2, -0.15) is 0 Å². The van der Waals surface area contributed by atoms with Gasteiger partial charge in [0.1, 0.15) is 12.5 Å². The zero-order chi connectivity index (χ0) is 13.3. The summed E-state index contributed by atoms with van der Waals surface area (Å²) < 4.78 is 11.3. The lowest BCUT2D eigenvalue weighted by Gasteiger charge is -2.31. The van der Waals surface area contributed by atoms with Gasteiger partial charge in [-0.3, -0.25) is 0 Å². The molecule has 0 bridgehead atoms. The first-order valence-corrected chi connectivity index (χ1v) is 7.72. The van der Waals surface area contributed by atoms with Crippen molar-refractivity contribution in [2.45, 2.75) is 84.3 Å². The molecule has 0 aromatic carbocycles. The van der Waals surface area contributed by atoms with Crippen LogP contribution in [0.25, 0.3) is 0 Å². The molecular weight excluding hydrogens is 224 g/mol. The highest BCUT2D eigenvalue weighted by Gasteiger charge is 2.38. The Labute approximate surface area is 113 Å². The maximum atomic E-state index is 5.66. The smallest absolute Gasteiger partial charge is 0.252 e. The van der Waals surface area contributed by atoms with Crippen LogP contribution in [0.3, 0.4) is 0 Å². The Hall–Kier alpha value is -0.660. The van der Waals surface area contributed by atoms with Crippen LogP contribution in [0, 0.1) is 5.92 Å². The summed E-state index contributed by atoms with van der Waals surface area (Å²) in [5, 5.41) is 0. The molecule has 18 heavy (non-hydrogen) atoms. The molecule has 1 aliphatic rings. The molecule has 0 fully saturated rings. The molecule has 0 aromatic heterocycles. The van der Waals surface area contributed by atoms with Crippen LogP contribution in [-0.2, 0) is 9.47 Å². The van der Waals surface area contributed by atoms with E-state index in [-0.39, 0.29) is 5.79 Å². The summed E-state index contributed by atoms with van der Waals surface area (Å²) in [5.41, 5.74) is 0. The third kappa shape index (κ3) is 4.91. The number of ether oxygens (including phenoxy) is 2. The lowest BCUT2D eigenvalue weighted by Crippen LogP contribution is -2.36. The molecule has 0 aliphatic carbocycles. The van der Waals surface area contributed by atoms with Crippen molar-refractivity contribution in [3.63, 3.8) is 0 Å². The summed E-state index contributed by atoms with van der Waals surface area (Å²) in [7, 11) is 0. The van der Waals surface area contributed by atoms with Crippen LogP contribution >= 0.6 is 0 Å². The van der Waals surface area contributed by atoms with Gasteiger partial charge in [-0.15, -0.1) is 0 Å². The second-order valence-electron chi connectivity index (χ2n) is 5.70. The molecule has 0 saturated carbocycles. The van der Waals surface area contributed by atoms with Gasteiger partial charge in [0, 0.05) is 12.3 Å². The van der Waals surface area contributed by atoms with Gasteiger partial charge < -0.3 is 9.47 Å². The van der Waals surface area contributed by atoms with E-state index in [1.807, 2.05) is 0 Å². The van der Waals surface area contributed by atoms with Gasteiger partial charge in [0.05, 0.1) is 0 Å². The first kappa shape index (κ1) is 15.4. The van der Waals surface area contributed by atoms with E-state index < -0.39 is 0 Å². The van der Waals surface area contributed by atoms with Gasteiger partial charge >= 0.3 is 0 Å². The number of rotatable bonds is 10. The fourth-order valence-electron chi connectivity index (χ4n) is 2.50. The lowest BCUT2D eigenvalue weighted by molar-refractivity contribution is -0.178. The number of hydrogen-bond donors (Lipinski definition) is 0. The summed E-state index contributed by atoms with van der Waals surface area (Å²) in [6.07, 6.45) is 15.1. The lowest BCUT2D eigenvalue weighted by atomic mass is 9.95. The van der Waals surface area contributed by atoms with E-state index in [0.29, 0.717) is 5.92 Å². The van der Waals surface area contributed by atoms with Crippen molar-refractivity contribution in [3.05, 3.63) is 12.5 Å². The summed E-state index contributed by atoms with van der Waals surface area (Å²) in [6.45, 7) is 6.59. The fraction of sp³-hybridized carbons (Fsp3) is 0.875. The van der Waals surface area contributed by atoms with Crippen LogP contribution in [0.4, 0.5) is 0 Å². The minimum absolute atomic E-state index is 0.373. The molecule has 0 amide bonds. The summed E-state index contributed by atoms with van der Waals surface area (Å²) in [4.78, 5) is 0. The monoisotopic (exact) mass is 254 g/mol. The molecule has 0 radical (unpaired) electrons. The Morgan fingerprint density at radius 2 is 1.33 bits per heavy atom. The highest BCUT2D eigenvalue weighted by Crippen LogP contribution is 2.33. The van der Waals surface area contributed by atoms with Gasteiger partial charge in [-0.25, -0.2) is 0 Å². The summed E-state index contributed by atoms with van der Waals surface area (Å²) in [6, 6.07) is 0. The molecule has 1 aliphatic heterocycles. The SMILES string of the molecule is CCCCCCCCCCC1(C(C)C)OC=CO1. The molecule has 0 saturated heterocycles. The van der Waals surface area contributed by atoms with Gasteiger partial charge in [0.15, 0.2) is 0 Å². The highest BCUT2D eigenvalue weighted by atomic mass is 16.7. The highest BCUT2D eigenvalue weighted by molar-refractivity contribution is 4.86. The third-order valence-corrected chi connectivity index (χ3v) is 3.85. The van der Waals surface area contributed by atoms with Crippen molar-refractivity contribution in [2.75, 3.05) is 0 Å².